The number of rotatable bonds is 7. The Kier molecular flexibility index (Phi) is 7.41. The van der Waals surface area contributed by atoms with E-state index in [4.69, 9.17) is 9.47 Å². The lowest BCUT2D eigenvalue weighted by Gasteiger charge is -2.63. The number of fused-ring (bicyclic) bond motifs is 3. The number of benzene rings is 1. The summed E-state index contributed by atoms with van der Waals surface area (Å²) < 4.78 is 37.6. The molecule has 7 atom stereocenters. The topological polar surface area (TPSA) is 114 Å². The second-order valence-electron chi connectivity index (χ2n) is 10.8. The average Bonchev–Trinajstić information content (AvgIpc) is 2.79. The summed E-state index contributed by atoms with van der Waals surface area (Å²) in [7, 11) is -3.32. The highest BCUT2D eigenvalue weighted by molar-refractivity contribution is 7.88. The zero-order valence-corrected chi connectivity index (χ0v) is 21.1. The summed E-state index contributed by atoms with van der Waals surface area (Å²) in [6, 6.07) is 9.82. The molecular weight excluding hydrogens is 456 g/mol. The molecule has 34 heavy (non-hydrogen) atoms. The van der Waals surface area contributed by atoms with E-state index < -0.39 is 22.4 Å². The number of aliphatic hydroxyl groups excluding tert-OH is 1. The highest BCUT2D eigenvalue weighted by Gasteiger charge is 2.61. The van der Waals surface area contributed by atoms with Crippen LogP contribution in [-0.2, 0) is 30.8 Å². The summed E-state index contributed by atoms with van der Waals surface area (Å²) in [6.07, 6.45) is 3.39. The Balaban J connectivity index is 1.43. The van der Waals surface area contributed by atoms with E-state index in [1.54, 1.807) is 0 Å². The van der Waals surface area contributed by atoms with Gasteiger partial charge in [0.25, 0.3) is 0 Å². The van der Waals surface area contributed by atoms with Gasteiger partial charge in [-0.2, -0.15) is 0 Å². The Hall–Kier alpha value is -1.52. The van der Waals surface area contributed by atoms with Gasteiger partial charge in [-0.25, -0.2) is 13.1 Å². The van der Waals surface area contributed by atoms with E-state index >= 15 is 0 Å². The number of aliphatic hydroxyl groups is 1. The molecule has 1 amide bonds. The fourth-order valence-electron chi connectivity index (χ4n) is 6.68. The van der Waals surface area contributed by atoms with E-state index in [0.717, 1.165) is 31.1 Å². The van der Waals surface area contributed by atoms with Crippen molar-refractivity contribution in [3.05, 3.63) is 35.9 Å². The van der Waals surface area contributed by atoms with Crippen molar-refractivity contribution in [2.24, 2.45) is 22.7 Å². The van der Waals surface area contributed by atoms with Crippen LogP contribution < -0.4 is 10.0 Å². The minimum Gasteiger partial charge on any atom is -0.393 e. The summed E-state index contributed by atoms with van der Waals surface area (Å²) in [6.45, 7) is 5.44. The molecule has 8 nitrogen and oxygen atoms in total. The van der Waals surface area contributed by atoms with E-state index in [9.17, 15) is 18.3 Å². The Morgan fingerprint density at radius 3 is 2.59 bits per heavy atom. The fraction of sp³-hybridized carbons (Fsp3) is 0.720. The van der Waals surface area contributed by atoms with Crippen molar-refractivity contribution in [3.63, 3.8) is 0 Å². The van der Waals surface area contributed by atoms with Crippen molar-refractivity contribution in [2.45, 2.75) is 71.0 Å². The molecule has 3 aliphatic rings. The zero-order chi connectivity index (χ0) is 24.6. The van der Waals surface area contributed by atoms with Crippen LogP contribution >= 0.6 is 0 Å². The molecule has 0 spiro atoms. The SMILES string of the molecule is C[C@@]12CO[C@@H](CNS(C)(=O)=O)O[C@H]1CC[C@]1(C)[C@@H]2CC[C@@H](O)[C@H]1CC(=O)NCc1ccccc1. The Morgan fingerprint density at radius 1 is 1.15 bits per heavy atom. The highest BCUT2D eigenvalue weighted by atomic mass is 32.2. The van der Waals surface area contributed by atoms with Gasteiger partial charge in [0.05, 0.1) is 31.6 Å². The Morgan fingerprint density at radius 2 is 1.88 bits per heavy atom. The van der Waals surface area contributed by atoms with Crippen LogP contribution in [0.2, 0.25) is 0 Å². The molecule has 0 bridgehead atoms. The number of hydrogen-bond acceptors (Lipinski definition) is 6. The first-order valence-electron chi connectivity index (χ1n) is 12.2. The highest BCUT2D eigenvalue weighted by Crippen LogP contribution is 2.62. The van der Waals surface area contributed by atoms with Crippen LogP contribution in [0.3, 0.4) is 0 Å². The first-order valence-corrected chi connectivity index (χ1v) is 14.1. The summed E-state index contributed by atoms with van der Waals surface area (Å²) in [5, 5.41) is 14.0. The lowest BCUT2D eigenvalue weighted by molar-refractivity contribution is -0.305. The molecule has 3 fully saturated rings. The van der Waals surface area contributed by atoms with Crippen LogP contribution in [0.1, 0.15) is 51.5 Å². The number of nitrogens with one attached hydrogen (secondary N) is 2. The molecule has 2 aliphatic carbocycles. The summed E-state index contributed by atoms with van der Waals surface area (Å²) in [5.74, 6) is 0.0624. The monoisotopic (exact) mass is 494 g/mol. The van der Waals surface area contributed by atoms with Gasteiger partial charge in [-0.05, 0) is 48.5 Å². The third-order valence-electron chi connectivity index (χ3n) is 8.48. The Bertz CT molecular complexity index is 973. The maximum absolute atomic E-state index is 12.9. The molecule has 3 N–H and O–H groups in total. The lowest BCUT2D eigenvalue weighted by Crippen LogP contribution is -2.63. The smallest absolute Gasteiger partial charge is 0.220 e. The molecule has 4 rings (SSSR count). The van der Waals surface area contributed by atoms with Crippen LogP contribution in [-0.4, -0.2) is 57.3 Å². The predicted octanol–water partition coefficient (Wildman–Crippen LogP) is 2.18. The first kappa shape index (κ1) is 25.6. The standard InChI is InChI=1S/C25H38N2O6S/c1-24-12-11-21-25(2,16-32-23(33-21)15-27-34(3,30)31)20(24)10-9-19(28)18(24)13-22(29)26-14-17-7-5-4-6-8-17/h4-8,18-21,23,27-28H,9-16H2,1-3H3,(H,26,29)/t18-,19-,20+,21+,23-,24+,25+/m1/s1. The number of carbonyl (C=O) groups excluding carboxylic acids is 1. The van der Waals surface area contributed by atoms with Crippen molar-refractivity contribution >= 4 is 15.9 Å². The minimum absolute atomic E-state index is 0.0369. The molecule has 190 valence electrons. The van der Waals surface area contributed by atoms with Crippen molar-refractivity contribution in [3.8, 4) is 0 Å². The maximum atomic E-state index is 12.9. The van der Waals surface area contributed by atoms with E-state index in [1.165, 1.54) is 0 Å². The van der Waals surface area contributed by atoms with Gasteiger partial charge in [0.2, 0.25) is 15.9 Å². The minimum atomic E-state index is -3.32. The van der Waals surface area contributed by atoms with Crippen molar-refractivity contribution in [1.82, 2.24) is 10.0 Å². The zero-order valence-electron chi connectivity index (χ0n) is 20.3. The number of ether oxygens (including phenoxy) is 2. The van der Waals surface area contributed by atoms with Gasteiger partial charge in [0.15, 0.2) is 6.29 Å². The van der Waals surface area contributed by atoms with Crippen LogP contribution in [0, 0.1) is 22.7 Å². The van der Waals surface area contributed by atoms with Gasteiger partial charge in [-0.3, -0.25) is 4.79 Å². The fourth-order valence-corrected chi connectivity index (χ4v) is 7.12. The number of carbonyl (C=O) groups is 1. The molecule has 1 aromatic carbocycles. The molecule has 9 heteroatoms. The molecule has 1 saturated heterocycles. The summed E-state index contributed by atoms with van der Waals surface area (Å²) >= 11 is 0. The van der Waals surface area contributed by atoms with Crippen LogP contribution in [0.25, 0.3) is 0 Å². The van der Waals surface area contributed by atoms with Crippen LogP contribution in [0.5, 0.6) is 0 Å². The molecule has 1 aliphatic heterocycles. The molecule has 2 saturated carbocycles. The van der Waals surface area contributed by atoms with Crippen molar-refractivity contribution < 1.29 is 27.8 Å². The maximum Gasteiger partial charge on any atom is 0.220 e. The van der Waals surface area contributed by atoms with E-state index in [0.29, 0.717) is 26.0 Å². The van der Waals surface area contributed by atoms with Crippen LogP contribution in [0.4, 0.5) is 0 Å². The summed E-state index contributed by atoms with van der Waals surface area (Å²) in [5.41, 5.74) is 0.582. The summed E-state index contributed by atoms with van der Waals surface area (Å²) in [4.78, 5) is 12.9. The average molecular weight is 495 g/mol. The third-order valence-corrected chi connectivity index (χ3v) is 9.17. The second-order valence-corrected chi connectivity index (χ2v) is 12.6. The molecule has 0 unspecified atom stereocenters. The van der Waals surface area contributed by atoms with Crippen molar-refractivity contribution in [1.29, 1.82) is 0 Å². The van der Waals surface area contributed by atoms with Crippen molar-refractivity contribution in [2.75, 3.05) is 19.4 Å². The second kappa shape index (κ2) is 9.85. The number of hydrogen-bond donors (Lipinski definition) is 3. The van der Waals surface area contributed by atoms with Gasteiger partial charge >= 0.3 is 0 Å². The number of amides is 1. The van der Waals surface area contributed by atoms with E-state index in [-0.39, 0.29) is 41.2 Å². The molecule has 0 aromatic heterocycles. The molecule has 1 heterocycles. The molecule has 1 aromatic rings. The normalized spacial score (nSPS) is 37.9. The van der Waals surface area contributed by atoms with Crippen LogP contribution in [0.15, 0.2) is 30.3 Å². The number of sulfonamides is 1. The molecule has 0 radical (unpaired) electrons. The van der Waals surface area contributed by atoms with Gasteiger partial charge < -0.3 is 19.9 Å². The Labute approximate surface area is 202 Å². The largest absolute Gasteiger partial charge is 0.393 e. The first-order chi connectivity index (χ1) is 16.0. The van der Waals surface area contributed by atoms with Gasteiger partial charge in [0, 0.05) is 18.4 Å². The van der Waals surface area contributed by atoms with Gasteiger partial charge in [-0.15, -0.1) is 0 Å². The third kappa shape index (κ3) is 5.33. The van der Waals surface area contributed by atoms with E-state index in [1.807, 2.05) is 30.3 Å². The van der Waals surface area contributed by atoms with Gasteiger partial charge in [0.1, 0.15) is 0 Å². The van der Waals surface area contributed by atoms with E-state index in [2.05, 4.69) is 23.9 Å². The lowest BCUT2D eigenvalue weighted by atomic mass is 9.46. The predicted molar refractivity (Wildman–Crippen MR) is 128 cm³/mol. The molecular formula is C25H38N2O6S. The van der Waals surface area contributed by atoms with Gasteiger partial charge in [-0.1, -0.05) is 44.2 Å². The quantitative estimate of drug-likeness (QED) is 0.535.